The van der Waals surface area contributed by atoms with E-state index in [0.717, 1.165) is 30.6 Å². The Hall–Kier alpha value is -1.85. The first-order valence-electron chi connectivity index (χ1n) is 5.65. The molecule has 0 radical (unpaired) electrons. The molecule has 6 heteroatoms. The predicted molar refractivity (Wildman–Crippen MR) is 59.8 cm³/mol. The summed E-state index contributed by atoms with van der Waals surface area (Å²) in [7, 11) is 1.27. The average Bonchev–Trinajstić information content (AvgIpc) is 2.87. The molecule has 0 aromatic carbocycles. The van der Waals surface area contributed by atoms with Crippen molar-refractivity contribution >= 4 is 12.0 Å². The van der Waals surface area contributed by atoms with Crippen molar-refractivity contribution in [3.05, 3.63) is 18.0 Å². The van der Waals surface area contributed by atoms with Gasteiger partial charge in [-0.15, -0.1) is 0 Å². The predicted octanol–water partition coefficient (Wildman–Crippen LogP) is 1.12. The number of methoxy groups -OCH3 is 1. The third-order valence-corrected chi connectivity index (χ3v) is 2.81. The molecule has 0 saturated carbocycles. The summed E-state index contributed by atoms with van der Waals surface area (Å²) >= 11 is 0. The van der Waals surface area contributed by atoms with Gasteiger partial charge in [-0.2, -0.15) is 9.78 Å². The number of rotatable bonds is 1. The fourth-order valence-electron chi connectivity index (χ4n) is 1.89. The third kappa shape index (κ3) is 2.46. The van der Waals surface area contributed by atoms with E-state index < -0.39 is 6.09 Å². The molecule has 1 aliphatic heterocycles. The summed E-state index contributed by atoms with van der Waals surface area (Å²) in [5.41, 5.74) is 0.289. The van der Waals surface area contributed by atoms with E-state index in [1.54, 1.807) is 4.90 Å². The summed E-state index contributed by atoms with van der Waals surface area (Å²) in [5, 5.41) is 3.91. The number of amides is 1. The van der Waals surface area contributed by atoms with Gasteiger partial charge >= 0.3 is 6.09 Å². The van der Waals surface area contributed by atoms with Crippen LogP contribution in [0.2, 0.25) is 0 Å². The number of likely N-dealkylation sites (tertiary alicyclic amines) is 1. The number of hydrogen-bond acceptors (Lipinski definition) is 4. The van der Waals surface area contributed by atoms with Crippen LogP contribution in [0.25, 0.3) is 0 Å². The Bertz CT molecular complexity index is 421. The summed E-state index contributed by atoms with van der Waals surface area (Å²) in [6, 6.07) is 1.54. The molecule has 1 saturated heterocycles. The van der Waals surface area contributed by atoms with Gasteiger partial charge in [-0.3, -0.25) is 4.79 Å². The zero-order chi connectivity index (χ0) is 12.3. The Kier molecular flexibility index (Phi) is 3.41. The smallest absolute Gasteiger partial charge is 0.434 e. The van der Waals surface area contributed by atoms with E-state index >= 15 is 0 Å². The highest BCUT2D eigenvalue weighted by Gasteiger charge is 2.21. The molecule has 0 bridgehead atoms. The zero-order valence-corrected chi connectivity index (χ0v) is 9.76. The lowest BCUT2D eigenvalue weighted by molar-refractivity contribution is 0.0717. The fourth-order valence-corrected chi connectivity index (χ4v) is 1.89. The molecule has 1 aromatic heterocycles. The number of carbonyl (C=O) groups excluding carboxylic acids is 2. The standard InChI is InChI=1S/C11H15N3O3/c1-17-11(16)14-8-5-9(12-14)10(15)13-6-3-2-4-7-13/h5,8H,2-4,6-7H2,1H3. The van der Waals surface area contributed by atoms with Crippen LogP contribution in [0.3, 0.4) is 0 Å². The number of carbonyl (C=O) groups is 2. The van der Waals surface area contributed by atoms with Crippen LogP contribution in [-0.4, -0.2) is 46.9 Å². The zero-order valence-electron chi connectivity index (χ0n) is 9.76. The second-order valence-corrected chi connectivity index (χ2v) is 3.97. The van der Waals surface area contributed by atoms with Crippen molar-refractivity contribution in [1.29, 1.82) is 0 Å². The van der Waals surface area contributed by atoms with Gasteiger partial charge in [0, 0.05) is 19.3 Å². The first-order valence-corrected chi connectivity index (χ1v) is 5.65. The lowest BCUT2D eigenvalue weighted by Crippen LogP contribution is -2.36. The Morgan fingerprint density at radius 3 is 2.65 bits per heavy atom. The highest BCUT2D eigenvalue weighted by Crippen LogP contribution is 2.12. The first-order chi connectivity index (χ1) is 8.22. The number of ether oxygens (including phenoxy) is 1. The van der Waals surface area contributed by atoms with Crippen LogP contribution < -0.4 is 0 Å². The van der Waals surface area contributed by atoms with Gasteiger partial charge in [-0.1, -0.05) is 0 Å². The van der Waals surface area contributed by atoms with Gasteiger partial charge in [0.2, 0.25) is 0 Å². The summed E-state index contributed by atoms with van der Waals surface area (Å²) < 4.78 is 5.54. The molecule has 0 unspecified atom stereocenters. The molecule has 2 rings (SSSR count). The van der Waals surface area contributed by atoms with E-state index in [-0.39, 0.29) is 11.6 Å². The first kappa shape index (κ1) is 11.6. The number of aromatic nitrogens is 2. The summed E-state index contributed by atoms with van der Waals surface area (Å²) in [5.74, 6) is -0.118. The Balaban J connectivity index is 2.08. The molecule has 17 heavy (non-hydrogen) atoms. The third-order valence-electron chi connectivity index (χ3n) is 2.81. The van der Waals surface area contributed by atoms with Crippen molar-refractivity contribution in [2.45, 2.75) is 19.3 Å². The minimum absolute atomic E-state index is 0.118. The SMILES string of the molecule is COC(=O)n1ccc(C(=O)N2CCCCC2)n1. The van der Waals surface area contributed by atoms with Gasteiger partial charge in [0.15, 0.2) is 5.69 Å². The largest absolute Gasteiger partial charge is 0.451 e. The van der Waals surface area contributed by atoms with Crippen molar-refractivity contribution in [3.63, 3.8) is 0 Å². The summed E-state index contributed by atoms with van der Waals surface area (Å²) in [6.45, 7) is 1.54. The maximum atomic E-state index is 12.0. The van der Waals surface area contributed by atoms with E-state index in [4.69, 9.17) is 0 Å². The molecule has 1 amide bonds. The highest BCUT2D eigenvalue weighted by molar-refractivity contribution is 5.92. The van der Waals surface area contributed by atoms with Crippen LogP contribution in [0.5, 0.6) is 0 Å². The Morgan fingerprint density at radius 1 is 1.29 bits per heavy atom. The second kappa shape index (κ2) is 4.99. The average molecular weight is 237 g/mol. The summed E-state index contributed by atoms with van der Waals surface area (Å²) in [4.78, 5) is 25.0. The van der Waals surface area contributed by atoms with E-state index in [1.807, 2.05) is 0 Å². The van der Waals surface area contributed by atoms with E-state index in [9.17, 15) is 9.59 Å². The van der Waals surface area contributed by atoms with Gasteiger partial charge < -0.3 is 9.64 Å². The van der Waals surface area contributed by atoms with Crippen LogP contribution in [0.4, 0.5) is 4.79 Å². The lowest BCUT2D eigenvalue weighted by atomic mass is 10.1. The van der Waals surface area contributed by atoms with E-state index in [1.165, 1.54) is 25.8 Å². The van der Waals surface area contributed by atoms with Crippen LogP contribution in [0.1, 0.15) is 29.8 Å². The maximum Gasteiger partial charge on any atom is 0.434 e. The molecule has 1 aromatic rings. The normalized spacial score (nSPS) is 15.7. The van der Waals surface area contributed by atoms with Gasteiger partial charge in [-0.25, -0.2) is 4.79 Å². The van der Waals surface area contributed by atoms with Gasteiger partial charge in [0.1, 0.15) is 0 Å². The topological polar surface area (TPSA) is 64.4 Å². The van der Waals surface area contributed by atoms with Crippen LogP contribution in [-0.2, 0) is 4.74 Å². The van der Waals surface area contributed by atoms with Crippen LogP contribution >= 0.6 is 0 Å². The Morgan fingerprint density at radius 2 is 2.00 bits per heavy atom. The molecule has 0 N–H and O–H groups in total. The number of nitrogens with zero attached hydrogens (tertiary/aromatic N) is 3. The van der Waals surface area contributed by atoms with Gasteiger partial charge in [0.05, 0.1) is 7.11 Å². The molecule has 0 atom stereocenters. The summed E-state index contributed by atoms with van der Waals surface area (Å²) in [6.07, 6.45) is 4.07. The molecule has 0 spiro atoms. The monoisotopic (exact) mass is 237 g/mol. The molecule has 2 heterocycles. The van der Waals surface area contributed by atoms with E-state index in [2.05, 4.69) is 9.84 Å². The molecule has 6 nitrogen and oxygen atoms in total. The molecular formula is C11H15N3O3. The van der Waals surface area contributed by atoms with E-state index in [0.29, 0.717) is 0 Å². The molecular weight excluding hydrogens is 222 g/mol. The van der Waals surface area contributed by atoms with Crippen molar-refractivity contribution in [1.82, 2.24) is 14.7 Å². The van der Waals surface area contributed by atoms with Crippen molar-refractivity contribution in [3.8, 4) is 0 Å². The van der Waals surface area contributed by atoms with Crippen LogP contribution in [0.15, 0.2) is 12.3 Å². The lowest BCUT2D eigenvalue weighted by Gasteiger charge is -2.25. The highest BCUT2D eigenvalue weighted by atomic mass is 16.5. The van der Waals surface area contributed by atoms with Crippen molar-refractivity contribution in [2.75, 3.05) is 20.2 Å². The minimum atomic E-state index is -0.595. The van der Waals surface area contributed by atoms with Crippen LogP contribution in [0, 0.1) is 0 Å². The molecule has 1 aliphatic rings. The minimum Gasteiger partial charge on any atom is -0.451 e. The second-order valence-electron chi connectivity index (χ2n) is 3.97. The fraction of sp³-hybridized carbons (Fsp3) is 0.545. The van der Waals surface area contributed by atoms with Crippen molar-refractivity contribution < 1.29 is 14.3 Å². The van der Waals surface area contributed by atoms with Gasteiger partial charge in [-0.05, 0) is 25.3 Å². The molecule has 0 aliphatic carbocycles. The van der Waals surface area contributed by atoms with Crippen molar-refractivity contribution in [2.24, 2.45) is 0 Å². The maximum absolute atomic E-state index is 12.0. The number of piperidine rings is 1. The molecule has 1 fully saturated rings. The Labute approximate surface area is 99.1 Å². The quantitative estimate of drug-likeness (QED) is 0.734. The number of hydrogen-bond donors (Lipinski definition) is 0. The van der Waals surface area contributed by atoms with Gasteiger partial charge in [0.25, 0.3) is 5.91 Å². The molecule has 92 valence electrons.